The molecule has 0 fully saturated rings. The van der Waals surface area contributed by atoms with Gasteiger partial charge in [0.05, 0.1) is 10.0 Å². The fraction of sp³-hybridized carbons (Fsp3) is 0.111. The molecule has 0 aliphatic rings. The Morgan fingerprint density at radius 3 is 2.67 bits per heavy atom. The zero-order chi connectivity index (χ0) is 8.97. The molecule has 0 radical (unpaired) electrons. The summed E-state index contributed by atoms with van der Waals surface area (Å²) in [6.45, 7) is 3.64. The summed E-state index contributed by atoms with van der Waals surface area (Å²) in [6.07, 6.45) is 1.85. The predicted molar refractivity (Wildman–Crippen MR) is 57.4 cm³/mol. The highest BCUT2D eigenvalue weighted by Gasteiger charge is 1.98. The van der Waals surface area contributed by atoms with Gasteiger partial charge in [-0.3, -0.25) is 0 Å². The zero-order valence-electron chi connectivity index (χ0n) is 6.39. The monoisotopic (exact) mass is 218 g/mol. The van der Waals surface area contributed by atoms with E-state index >= 15 is 0 Å². The lowest BCUT2D eigenvalue weighted by atomic mass is 10.4. The van der Waals surface area contributed by atoms with E-state index in [4.69, 9.17) is 23.2 Å². The minimum atomic E-state index is 0.597. The number of halogens is 2. The summed E-state index contributed by atoms with van der Waals surface area (Å²) in [4.78, 5) is 1.12. The third-order valence-corrected chi connectivity index (χ3v) is 2.99. The molecular formula is C9H8Cl2S. The lowest BCUT2D eigenvalue weighted by Gasteiger charge is -1.99. The molecule has 64 valence electrons. The van der Waals surface area contributed by atoms with Gasteiger partial charge in [0, 0.05) is 10.6 Å². The first-order valence-corrected chi connectivity index (χ1v) is 5.17. The van der Waals surface area contributed by atoms with Crippen molar-refractivity contribution < 1.29 is 0 Å². The van der Waals surface area contributed by atoms with Crippen molar-refractivity contribution in [2.75, 3.05) is 5.75 Å². The average Bonchev–Trinajstić information content (AvgIpc) is 2.07. The number of hydrogen-bond acceptors (Lipinski definition) is 1. The van der Waals surface area contributed by atoms with Gasteiger partial charge in [0.15, 0.2) is 0 Å². The predicted octanol–water partition coefficient (Wildman–Crippen LogP) is 4.27. The Bertz CT molecular complexity index is 284. The highest BCUT2D eigenvalue weighted by Crippen LogP contribution is 2.27. The molecule has 0 aromatic heterocycles. The van der Waals surface area contributed by atoms with E-state index in [1.54, 1.807) is 17.8 Å². The van der Waals surface area contributed by atoms with Gasteiger partial charge in [0.1, 0.15) is 0 Å². The number of hydrogen-bond donors (Lipinski definition) is 0. The van der Waals surface area contributed by atoms with Gasteiger partial charge in [0.2, 0.25) is 0 Å². The highest BCUT2D eigenvalue weighted by atomic mass is 35.5. The smallest absolute Gasteiger partial charge is 0.0603 e. The Balaban J connectivity index is 2.75. The molecule has 0 N–H and O–H groups in total. The molecule has 1 aromatic rings. The van der Waals surface area contributed by atoms with E-state index in [1.165, 1.54) is 0 Å². The van der Waals surface area contributed by atoms with Crippen LogP contribution in [-0.2, 0) is 0 Å². The van der Waals surface area contributed by atoms with Crippen LogP contribution in [0.2, 0.25) is 10.0 Å². The van der Waals surface area contributed by atoms with Gasteiger partial charge >= 0.3 is 0 Å². The summed E-state index contributed by atoms with van der Waals surface area (Å²) in [5.41, 5.74) is 0. The Hall–Kier alpha value is -0.110. The van der Waals surface area contributed by atoms with Crippen molar-refractivity contribution >= 4 is 35.0 Å². The molecule has 0 amide bonds. The van der Waals surface area contributed by atoms with Gasteiger partial charge in [-0.25, -0.2) is 0 Å². The van der Waals surface area contributed by atoms with Crippen LogP contribution in [0.3, 0.4) is 0 Å². The molecule has 0 unspecified atom stereocenters. The van der Waals surface area contributed by atoms with Crippen molar-refractivity contribution in [3.63, 3.8) is 0 Å². The van der Waals surface area contributed by atoms with Crippen molar-refractivity contribution in [2.24, 2.45) is 0 Å². The molecule has 0 atom stereocenters. The molecule has 3 heteroatoms. The third-order valence-electron chi connectivity index (χ3n) is 1.26. The van der Waals surface area contributed by atoms with Crippen molar-refractivity contribution in [3.05, 3.63) is 40.9 Å². The van der Waals surface area contributed by atoms with Gasteiger partial charge in [-0.2, -0.15) is 0 Å². The first kappa shape index (κ1) is 9.97. The molecule has 0 saturated carbocycles. The van der Waals surface area contributed by atoms with Crippen molar-refractivity contribution in [2.45, 2.75) is 4.90 Å². The average molecular weight is 219 g/mol. The van der Waals surface area contributed by atoms with Crippen molar-refractivity contribution in [3.8, 4) is 0 Å². The molecule has 0 saturated heterocycles. The largest absolute Gasteiger partial charge is 0.122 e. The SMILES string of the molecule is C=CCSc1ccc(Cl)c(Cl)c1. The van der Waals surface area contributed by atoms with E-state index in [1.807, 2.05) is 18.2 Å². The lowest BCUT2D eigenvalue weighted by Crippen LogP contribution is -1.74. The quantitative estimate of drug-likeness (QED) is 0.540. The van der Waals surface area contributed by atoms with Crippen LogP contribution in [0.15, 0.2) is 35.7 Å². The molecule has 0 spiro atoms. The van der Waals surface area contributed by atoms with E-state index in [2.05, 4.69) is 6.58 Å². The fourth-order valence-electron chi connectivity index (χ4n) is 0.722. The van der Waals surface area contributed by atoms with E-state index in [0.717, 1.165) is 10.6 Å². The summed E-state index contributed by atoms with van der Waals surface area (Å²) in [5, 5.41) is 1.20. The first-order chi connectivity index (χ1) is 5.74. The topological polar surface area (TPSA) is 0 Å². The van der Waals surface area contributed by atoms with Crippen LogP contribution in [0.25, 0.3) is 0 Å². The van der Waals surface area contributed by atoms with Crippen molar-refractivity contribution in [1.29, 1.82) is 0 Å². The number of rotatable bonds is 3. The Morgan fingerprint density at radius 2 is 2.08 bits per heavy atom. The Morgan fingerprint density at radius 1 is 1.33 bits per heavy atom. The standard InChI is InChI=1S/C9H8Cl2S/c1-2-5-12-7-3-4-8(10)9(11)6-7/h2-4,6H,1,5H2. The molecule has 0 heterocycles. The zero-order valence-corrected chi connectivity index (χ0v) is 8.72. The molecule has 0 nitrogen and oxygen atoms in total. The molecular weight excluding hydrogens is 211 g/mol. The molecule has 0 bridgehead atoms. The second-order valence-electron chi connectivity index (χ2n) is 2.18. The summed E-state index contributed by atoms with van der Waals surface area (Å²) in [6, 6.07) is 5.61. The maximum absolute atomic E-state index is 5.82. The van der Waals surface area contributed by atoms with Crippen LogP contribution in [0.5, 0.6) is 0 Å². The van der Waals surface area contributed by atoms with Crippen LogP contribution in [0, 0.1) is 0 Å². The molecule has 0 aliphatic carbocycles. The van der Waals surface area contributed by atoms with Gasteiger partial charge in [-0.15, -0.1) is 18.3 Å². The molecule has 12 heavy (non-hydrogen) atoms. The number of benzene rings is 1. The van der Waals surface area contributed by atoms with E-state index in [0.29, 0.717) is 10.0 Å². The number of thioether (sulfide) groups is 1. The first-order valence-electron chi connectivity index (χ1n) is 3.43. The van der Waals surface area contributed by atoms with Crippen LogP contribution >= 0.6 is 35.0 Å². The van der Waals surface area contributed by atoms with Crippen LogP contribution in [0.1, 0.15) is 0 Å². The van der Waals surface area contributed by atoms with Crippen LogP contribution in [-0.4, -0.2) is 5.75 Å². The van der Waals surface area contributed by atoms with Gasteiger partial charge < -0.3 is 0 Å². The van der Waals surface area contributed by atoms with Crippen LogP contribution < -0.4 is 0 Å². The minimum absolute atomic E-state index is 0.597. The third kappa shape index (κ3) is 2.74. The Kier molecular flexibility index (Phi) is 3.99. The van der Waals surface area contributed by atoms with Gasteiger partial charge in [0.25, 0.3) is 0 Å². The van der Waals surface area contributed by atoms with Crippen molar-refractivity contribution in [1.82, 2.24) is 0 Å². The van der Waals surface area contributed by atoms with Gasteiger partial charge in [-0.05, 0) is 18.2 Å². The van der Waals surface area contributed by atoms with E-state index < -0.39 is 0 Å². The van der Waals surface area contributed by atoms with Gasteiger partial charge in [-0.1, -0.05) is 29.3 Å². The Labute approximate surface area is 86.6 Å². The summed E-state index contributed by atoms with van der Waals surface area (Å²) >= 11 is 13.3. The second-order valence-corrected chi connectivity index (χ2v) is 4.08. The maximum Gasteiger partial charge on any atom is 0.0603 e. The lowest BCUT2D eigenvalue weighted by molar-refractivity contribution is 1.46. The normalized spacial score (nSPS) is 9.83. The minimum Gasteiger partial charge on any atom is -0.122 e. The van der Waals surface area contributed by atoms with Crippen LogP contribution in [0.4, 0.5) is 0 Å². The van der Waals surface area contributed by atoms with E-state index in [9.17, 15) is 0 Å². The molecule has 1 aromatic carbocycles. The maximum atomic E-state index is 5.82. The second kappa shape index (κ2) is 4.80. The summed E-state index contributed by atoms with van der Waals surface area (Å²) in [7, 11) is 0. The molecule has 0 aliphatic heterocycles. The summed E-state index contributed by atoms with van der Waals surface area (Å²) in [5.74, 6) is 0.887. The summed E-state index contributed by atoms with van der Waals surface area (Å²) < 4.78 is 0. The molecule has 1 rings (SSSR count). The van der Waals surface area contributed by atoms with E-state index in [-0.39, 0.29) is 0 Å². The fourth-order valence-corrected chi connectivity index (χ4v) is 1.76. The highest BCUT2D eigenvalue weighted by molar-refractivity contribution is 7.99.